The van der Waals surface area contributed by atoms with Crippen LogP contribution in [0.4, 0.5) is 5.69 Å². The number of esters is 1. The molecule has 2 aromatic carbocycles. The van der Waals surface area contributed by atoms with Crippen molar-refractivity contribution >= 4 is 45.1 Å². The second-order valence-electron chi connectivity index (χ2n) is 4.93. The highest BCUT2D eigenvalue weighted by Crippen LogP contribution is 2.23. The lowest BCUT2D eigenvalue weighted by Crippen LogP contribution is -2.21. The molecule has 7 heteroatoms. The molecule has 0 spiro atoms. The number of amides is 1. The Morgan fingerprint density at radius 3 is 2.62 bits per heavy atom. The highest BCUT2D eigenvalue weighted by atomic mass is 79.9. The minimum absolute atomic E-state index is 0.163. The first-order valence-corrected chi connectivity index (χ1v) is 8.14. The third kappa shape index (κ3) is 4.72. The number of carbonyl (C=O) groups is 2. The van der Waals surface area contributed by atoms with Crippen LogP contribution in [0, 0.1) is 6.92 Å². The second kappa shape index (κ2) is 8.17. The quantitative estimate of drug-likeness (QED) is 0.747. The van der Waals surface area contributed by atoms with Crippen molar-refractivity contribution in [2.45, 2.75) is 6.92 Å². The molecule has 126 valence electrons. The van der Waals surface area contributed by atoms with E-state index in [1.54, 1.807) is 24.3 Å². The molecular weight excluding hydrogens is 398 g/mol. The average Bonchev–Trinajstić information content (AvgIpc) is 2.56. The van der Waals surface area contributed by atoms with Gasteiger partial charge in [0.1, 0.15) is 11.3 Å². The maximum absolute atomic E-state index is 12.1. The van der Waals surface area contributed by atoms with Crippen molar-refractivity contribution in [3.8, 4) is 5.75 Å². The van der Waals surface area contributed by atoms with E-state index in [2.05, 4.69) is 21.2 Å². The average molecular weight is 413 g/mol. The minimum atomic E-state index is -0.686. The number of hydrogen-bond acceptors (Lipinski definition) is 4. The predicted molar refractivity (Wildman–Crippen MR) is 95.8 cm³/mol. The molecule has 1 amide bonds. The predicted octanol–water partition coefficient (Wildman–Crippen LogP) is 4.22. The largest absolute Gasteiger partial charge is 0.496 e. The zero-order valence-electron chi connectivity index (χ0n) is 13.1. The first-order valence-electron chi connectivity index (χ1n) is 6.97. The van der Waals surface area contributed by atoms with E-state index in [1.807, 2.05) is 13.0 Å². The van der Waals surface area contributed by atoms with Crippen LogP contribution in [0.3, 0.4) is 0 Å². The number of halogens is 2. The molecule has 24 heavy (non-hydrogen) atoms. The van der Waals surface area contributed by atoms with Crippen LogP contribution >= 0.6 is 27.5 Å². The normalized spacial score (nSPS) is 10.2. The number of methoxy groups -OCH3 is 1. The zero-order valence-corrected chi connectivity index (χ0v) is 15.4. The summed E-state index contributed by atoms with van der Waals surface area (Å²) in [6.45, 7) is 1.52. The summed E-state index contributed by atoms with van der Waals surface area (Å²) in [7, 11) is 1.43. The summed E-state index contributed by atoms with van der Waals surface area (Å²) >= 11 is 9.26. The van der Waals surface area contributed by atoms with Crippen LogP contribution in [0.5, 0.6) is 5.75 Å². The van der Waals surface area contributed by atoms with Crippen LogP contribution in [-0.2, 0) is 9.53 Å². The third-order valence-corrected chi connectivity index (χ3v) is 4.26. The molecule has 0 aliphatic heterocycles. The van der Waals surface area contributed by atoms with Gasteiger partial charge < -0.3 is 14.8 Å². The highest BCUT2D eigenvalue weighted by molar-refractivity contribution is 9.10. The molecule has 1 N–H and O–H groups in total. The Morgan fingerprint density at radius 2 is 1.96 bits per heavy atom. The standard InChI is InChI=1S/C17H15BrClNO4/c1-10-3-5-12(8-14(10)18)20-16(21)9-24-17(22)13-7-11(19)4-6-15(13)23-2/h3-8H,9H2,1-2H3,(H,20,21). The summed E-state index contributed by atoms with van der Waals surface area (Å²) in [5.74, 6) is -0.804. The van der Waals surface area contributed by atoms with Gasteiger partial charge in [-0.3, -0.25) is 4.79 Å². The molecule has 0 saturated carbocycles. The lowest BCUT2D eigenvalue weighted by Gasteiger charge is -2.10. The Kier molecular flexibility index (Phi) is 6.23. The lowest BCUT2D eigenvalue weighted by molar-refractivity contribution is -0.119. The Labute approximate surface area is 153 Å². The number of carbonyl (C=O) groups excluding carboxylic acids is 2. The van der Waals surface area contributed by atoms with Gasteiger partial charge in [0, 0.05) is 15.2 Å². The summed E-state index contributed by atoms with van der Waals surface area (Å²) in [6.07, 6.45) is 0. The summed E-state index contributed by atoms with van der Waals surface area (Å²) in [5, 5.41) is 3.03. The van der Waals surface area contributed by atoms with Gasteiger partial charge in [-0.05, 0) is 42.8 Å². The zero-order chi connectivity index (χ0) is 17.7. The Morgan fingerprint density at radius 1 is 1.21 bits per heavy atom. The maximum Gasteiger partial charge on any atom is 0.342 e. The van der Waals surface area contributed by atoms with E-state index >= 15 is 0 Å². The van der Waals surface area contributed by atoms with E-state index in [0.717, 1.165) is 10.0 Å². The van der Waals surface area contributed by atoms with Crippen LogP contribution in [0.2, 0.25) is 5.02 Å². The molecule has 2 aromatic rings. The molecule has 0 aromatic heterocycles. The van der Waals surface area contributed by atoms with Crippen molar-refractivity contribution in [1.82, 2.24) is 0 Å². The SMILES string of the molecule is COc1ccc(Cl)cc1C(=O)OCC(=O)Nc1ccc(C)c(Br)c1. The summed E-state index contributed by atoms with van der Waals surface area (Å²) < 4.78 is 11.0. The number of anilines is 1. The van der Waals surface area contributed by atoms with Crippen LogP contribution in [0.1, 0.15) is 15.9 Å². The van der Waals surface area contributed by atoms with Gasteiger partial charge in [-0.15, -0.1) is 0 Å². The Balaban J connectivity index is 1.97. The third-order valence-electron chi connectivity index (χ3n) is 3.17. The van der Waals surface area contributed by atoms with Crippen molar-refractivity contribution in [2.75, 3.05) is 19.0 Å². The van der Waals surface area contributed by atoms with Crippen molar-refractivity contribution in [3.05, 3.63) is 57.0 Å². The van der Waals surface area contributed by atoms with Crippen LogP contribution < -0.4 is 10.1 Å². The number of rotatable bonds is 5. The van der Waals surface area contributed by atoms with Gasteiger partial charge in [0.25, 0.3) is 5.91 Å². The summed E-state index contributed by atoms with van der Waals surface area (Å²) in [5.41, 5.74) is 1.82. The van der Waals surface area contributed by atoms with Crippen molar-refractivity contribution in [1.29, 1.82) is 0 Å². The highest BCUT2D eigenvalue weighted by Gasteiger charge is 2.16. The van der Waals surface area contributed by atoms with Crippen molar-refractivity contribution < 1.29 is 19.1 Å². The van der Waals surface area contributed by atoms with Gasteiger partial charge >= 0.3 is 5.97 Å². The Hall–Kier alpha value is -2.05. The number of hydrogen-bond donors (Lipinski definition) is 1. The molecule has 0 radical (unpaired) electrons. The molecule has 0 heterocycles. The number of aryl methyl sites for hydroxylation is 1. The monoisotopic (exact) mass is 411 g/mol. The molecule has 0 unspecified atom stereocenters. The molecule has 0 fully saturated rings. The van der Waals surface area contributed by atoms with E-state index in [0.29, 0.717) is 16.5 Å². The smallest absolute Gasteiger partial charge is 0.342 e. The molecule has 0 aliphatic rings. The van der Waals surface area contributed by atoms with E-state index in [1.165, 1.54) is 13.2 Å². The van der Waals surface area contributed by atoms with Gasteiger partial charge in [-0.1, -0.05) is 33.6 Å². The van der Waals surface area contributed by atoms with Gasteiger partial charge in [0.15, 0.2) is 6.61 Å². The summed E-state index contributed by atoms with van der Waals surface area (Å²) in [4.78, 5) is 24.0. The van der Waals surface area contributed by atoms with E-state index in [4.69, 9.17) is 21.1 Å². The van der Waals surface area contributed by atoms with Crippen LogP contribution in [-0.4, -0.2) is 25.6 Å². The molecule has 0 aliphatic carbocycles. The van der Waals surface area contributed by atoms with E-state index < -0.39 is 18.5 Å². The first-order chi connectivity index (χ1) is 11.4. The van der Waals surface area contributed by atoms with Crippen molar-refractivity contribution in [2.24, 2.45) is 0 Å². The van der Waals surface area contributed by atoms with Crippen LogP contribution in [0.15, 0.2) is 40.9 Å². The number of nitrogens with one attached hydrogen (secondary N) is 1. The van der Waals surface area contributed by atoms with Gasteiger partial charge in [-0.2, -0.15) is 0 Å². The molecule has 5 nitrogen and oxygen atoms in total. The molecule has 0 bridgehead atoms. The van der Waals surface area contributed by atoms with Crippen molar-refractivity contribution in [3.63, 3.8) is 0 Å². The topological polar surface area (TPSA) is 64.6 Å². The number of ether oxygens (including phenoxy) is 2. The lowest BCUT2D eigenvalue weighted by atomic mass is 10.2. The van der Waals surface area contributed by atoms with E-state index in [9.17, 15) is 9.59 Å². The Bertz CT molecular complexity index is 779. The molecule has 0 atom stereocenters. The fraction of sp³-hybridized carbons (Fsp3) is 0.176. The summed E-state index contributed by atoms with van der Waals surface area (Å²) in [6, 6.07) is 9.98. The van der Waals surface area contributed by atoms with E-state index in [-0.39, 0.29) is 5.56 Å². The second-order valence-corrected chi connectivity index (χ2v) is 6.22. The fourth-order valence-corrected chi connectivity index (χ4v) is 2.47. The maximum atomic E-state index is 12.1. The van der Waals surface area contributed by atoms with Gasteiger partial charge in [-0.25, -0.2) is 4.79 Å². The fourth-order valence-electron chi connectivity index (χ4n) is 1.92. The van der Waals surface area contributed by atoms with Crippen LogP contribution in [0.25, 0.3) is 0 Å². The minimum Gasteiger partial charge on any atom is -0.496 e. The molecule has 2 rings (SSSR count). The number of benzene rings is 2. The van der Waals surface area contributed by atoms with Gasteiger partial charge in [0.2, 0.25) is 0 Å². The molecule has 0 saturated heterocycles. The molecular formula is C17H15BrClNO4. The van der Waals surface area contributed by atoms with Gasteiger partial charge in [0.05, 0.1) is 7.11 Å². The first kappa shape index (κ1) is 18.3.